The minimum Gasteiger partial charge on any atom is -0.384 e. The number of anilines is 1. The highest BCUT2D eigenvalue weighted by molar-refractivity contribution is 9.10. The lowest BCUT2D eigenvalue weighted by molar-refractivity contribution is 0.762. The lowest BCUT2D eigenvalue weighted by atomic mass is 10.6. The van der Waals surface area contributed by atoms with Crippen molar-refractivity contribution in [3.63, 3.8) is 0 Å². The van der Waals surface area contributed by atoms with Gasteiger partial charge in [0.1, 0.15) is 10.4 Å². The smallest absolute Gasteiger partial charge is 0.343 e. The van der Waals surface area contributed by atoms with E-state index in [0.29, 0.717) is 20.7 Å². The van der Waals surface area contributed by atoms with Crippen LogP contribution < -0.4 is 11.4 Å². The van der Waals surface area contributed by atoms with Crippen LogP contribution in [0.1, 0.15) is 0 Å². The van der Waals surface area contributed by atoms with Gasteiger partial charge in [-0.05, 0) is 27.7 Å². The zero-order valence-electron chi connectivity index (χ0n) is 8.14. The maximum Gasteiger partial charge on any atom is 0.343 e. The molecule has 16 heavy (non-hydrogen) atoms. The van der Waals surface area contributed by atoms with Crippen LogP contribution in [0.4, 0.5) is 5.82 Å². The van der Waals surface area contributed by atoms with Crippen LogP contribution in [-0.4, -0.2) is 24.7 Å². The number of nitrogen functional groups attached to an aromatic ring is 1. The Bertz CT molecular complexity index is 558. The number of hydrogen-bond donors (Lipinski definition) is 2. The van der Waals surface area contributed by atoms with Gasteiger partial charge < -0.3 is 5.73 Å². The molecule has 0 spiro atoms. The number of aromatic nitrogens is 5. The first kappa shape index (κ1) is 11.1. The second-order valence-corrected chi connectivity index (χ2v) is 4.62. The topological polar surface area (TPSA) is 102 Å². The number of H-pyrrole nitrogens is 1. The molecule has 0 radical (unpaired) electrons. The second-order valence-electron chi connectivity index (χ2n) is 2.87. The van der Waals surface area contributed by atoms with Crippen molar-refractivity contribution < 1.29 is 0 Å². The Morgan fingerprint density at radius 3 is 2.88 bits per heavy atom. The summed E-state index contributed by atoms with van der Waals surface area (Å²) in [6, 6.07) is 1.59. The van der Waals surface area contributed by atoms with Crippen LogP contribution in [-0.2, 0) is 7.05 Å². The highest BCUT2D eigenvalue weighted by atomic mass is 79.9. The molecule has 3 N–H and O–H groups in total. The monoisotopic (exact) mass is 302 g/mol. The summed E-state index contributed by atoms with van der Waals surface area (Å²) in [5, 5.41) is 7.05. The Morgan fingerprint density at radius 1 is 1.56 bits per heavy atom. The van der Waals surface area contributed by atoms with Gasteiger partial charge in [-0.25, -0.2) is 19.9 Å². The van der Waals surface area contributed by atoms with Crippen molar-refractivity contribution in [3.8, 4) is 0 Å². The third-order valence-electron chi connectivity index (χ3n) is 1.72. The van der Waals surface area contributed by atoms with E-state index in [2.05, 4.69) is 36.1 Å². The molecule has 0 fully saturated rings. The number of halogens is 1. The van der Waals surface area contributed by atoms with Gasteiger partial charge in [-0.2, -0.15) is 0 Å². The average Bonchev–Trinajstić information content (AvgIpc) is 2.48. The van der Waals surface area contributed by atoms with E-state index in [1.807, 2.05) is 0 Å². The van der Waals surface area contributed by atoms with Crippen LogP contribution in [0, 0.1) is 0 Å². The summed E-state index contributed by atoms with van der Waals surface area (Å²) in [5.41, 5.74) is 5.28. The zero-order valence-corrected chi connectivity index (χ0v) is 10.5. The molecule has 2 rings (SSSR count). The SMILES string of the molecule is Cn1c(Sc2nc(N)cc(Br)n2)n[nH]c1=O. The van der Waals surface area contributed by atoms with Crippen LogP contribution in [0.25, 0.3) is 0 Å². The van der Waals surface area contributed by atoms with E-state index in [-0.39, 0.29) is 5.69 Å². The van der Waals surface area contributed by atoms with E-state index in [1.165, 1.54) is 4.57 Å². The van der Waals surface area contributed by atoms with Crippen molar-refractivity contribution in [3.05, 3.63) is 21.2 Å². The molecule has 2 aromatic heterocycles. The van der Waals surface area contributed by atoms with Gasteiger partial charge in [0.05, 0.1) is 0 Å². The van der Waals surface area contributed by atoms with Crippen LogP contribution in [0.3, 0.4) is 0 Å². The molecule has 0 bridgehead atoms. The van der Waals surface area contributed by atoms with Gasteiger partial charge >= 0.3 is 5.69 Å². The summed E-state index contributed by atoms with van der Waals surface area (Å²) < 4.78 is 1.95. The lowest BCUT2D eigenvalue weighted by Crippen LogP contribution is -2.12. The molecule has 7 nitrogen and oxygen atoms in total. The Kier molecular flexibility index (Phi) is 2.97. The molecule has 0 unspecified atom stereocenters. The predicted molar refractivity (Wildman–Crippen MR) is 62.1 cm³/mol. The van der Waals surface area contributed by atoms with Gasteiger partial charge in [0.2, 0.25) is 0 Å². The molecule has 0 aliphatic carbocycles. The van der Waals surface area contributed by atoms with E-state index in [0.717, 1.165) is 11.8 Å². The standard InChI is InChI=1S/C7H7BrN6OS/c1-14-6(15)12-13-7(14)16-5-10-3(8)2-4(9)11-5/h2H,1H3,(H,12,15)(H2,9,10,11). The molecule has 2 aromatic rings. The van der Waals surface area contributed by atoms with Gasteiger partial charge in [0, 0.05) is 13.1 Å². The van der Waals surface area contributed by atoms with Gasteiger partial charge in [-0.3, -0.25) is 4.57 Å². The third kappa shape index (κ3) is 2.25. The second kappa shape index (κ2) is 4.26. The van der Waals surface area contributed by atoms with Crippen molar-refractivity contribution in [2.45, 2.75) is 10.3 Å². The Balaban J connectivity index is 2.34. The Morgan fingerprint density at radius 2 is 2.31 bits per heavy atom. The van der Waals surface area contributed by atoms with E-state index in [9.17, 15) is 4.79 Å². The summed E-state index contributed by atoms with van der Waals surface area (Å²) in [6.07, 6.45) is 0. The van der Waals surface area contributed by atoms with Gasteiger partial charge in [-0.1, -0.05) is 0 Å². The quantitative estimate of drug-likeness (QED) is 0.615. The maximum absolute atomic E-state index is 11.1. The third-order valence-corrected chi connectivity index (χ3v) is 3.03. The highest BCUT2D eigenvalue weighted by Gasteiger charge is 2.09. The summed E-state index contributed by atoms with van der Waals surface area (Å²) in [4.78, 5) is 19.2. The fourth-order valence-electron chi connectivity index (χ4n) is 0.964. The molecule has 2 heterocycles. The highest BCUT2D eigenvalue weighted by Crippen LogP contribution is 2.23. The molecule has 84 valence electrons. The lowest BCUT2D eigenvalue weighted by Gasteiger charge is -2.00. The first-order valence-electron chi connectivity index (χ1n) is 4.15. The normalized spacial score (nSPS) is 10.6. The Hall–Kier alpha value is -1.35. The van der Waals surface area contributed by atoms with E-state index < -0.39 is 0 Å². The number of nitrogens with zero attached hydrogens (tertiary/aromatic N) is 4. The summed E-state index contributed by atoms with van der Waals surface area (Å²) in [6.45, 7) is 0. The summed E-state index contributed by atoms with van der Waals surface area (Å²) >= 11 is 4.36. The molecular weight excluding hydrogens is 296 g/mol. The summed E-state index contributed by atoms with van der Waals surface area (Å²) in [7, 11) is 1.61. The molecule has 0 aromatic carbocycles. The predicted octanol–water partition coefficient (Wildman–Crippen LogP) is 0.394. The van der Waals surface area contributed by atoms with Crippen LogP contribution in [0.5, 0.6) is 0 Å². The van der Waals surface area contributed by atoms with E-state index in [4.69, 9.17) is 5.73 Å². The van der Waals surface area contributed by atoms with Gasteiger partial charge in [0.15, 0.2) is 10.3 Å². The van der Waals surface area contributed by atoms with Crippen molar-refractivity contribution in [1.29, 1.82) is 0 Å². The van der Waals surface area contributed by atoms with Crippen LogP contribution in [0.2, 0.25) is 0 Å². The minimum absolute atomic E-state index is 0.287. The van der Waals surface area contributed by atoms with Crippen molar-refractivity contribution in [2.75, 3.05) is 5.73 Å². The molecule has 0 aliphatic rings. The van der Waals surface area contributed by atoms with Crippen molar-refractivity contribution >= 4 is 33.5 Å². The first-order chi connectivity index (χ1) is 7.56. The van der Waals surface area contributed by atoms with Gasteiger partial charge in [-0.15, -0.1) is 5.10 Å². The molecule has 0 saturated carbocycles. The molecule has 9 heteroatoms. The Labute approximate surface area is 103 Å². The van der Waals surface area contributed by atoms with Crippen LogP contribution in [0.15, 0.2) is 25.8 Å². The molecular formula is C7H7BrN6OS. The maximum atomic E-state index is 11.1. The summed E-state index contributed by atoms with van der Waals surface area (Å²) in [5.74, 6) is 0.352. The molecule has 0 saturated heterocycles. The van der Waals surface area contributed by atoms with Crippen molar-refractivity contribution in [1.82, 2.24) is 24.7 Å². The van der Waals surface area contributed by atoms with E-state index >= 15 is 0 Å². The number of nitrogens with one attached hydrogen (secondary N) is 1. The first-order valence-corrected chi connectivity index (χ1v) is 5.76. The molecule has 0 atom stereocenters. The molecule has 0 amide bonds. The minimum atomic E-state index is -0.287. The fourth-order valence-corrected chi connectivity index (χ4v) is 2.25. The fraction of sp³-hybridized carbons (Fsp3) is 0.143. The number of nitrogens with two attached hydrogens (primary N) is 1. The number of rotatable bonds is 2. The van der Waals surface area contributed by atoms with Crippen LogP contribution >= 0.6 is 27.7 Å². The zero-order chi connectivity index (χ0) is 11.7. The largest absolute Gasteiger partial charge is 0.384 e. The number of aromatic amines is 1. The van der Waals surface area contributed by atoms with Crippen molar-refractivity contribution in [2.24, 2.45) is 7.05 Å². The average molecular weight is 303 g/mol. The van der Waals surface area contributed by atoms with E-state index in [1.54, 1.807) is 13.1 Å². The number of hydrogen-bond acceptors (Lipinski definition) is 6. The van der Waals surface area contributed by atoms with Gasteiger partial charge in [0.25, 0.3) is 0 Å². The molecule has 0 aliphatic heterocycles.